The highest BCUT2D eigenvalue weighted by Crippen LogP contribution is 2.32. The van der Waals surface area contributed by atoms with Crippen molar-refractivity contribution in [3.63, 3.8) is 0 Å². The fourth-order valence-electron chi connectivity index (χ4n) is 2.92. The molecule has 0 bridgehead atoms. The van der Waals surface area contributed by atoms with Crippen LogP contribution < -0.4 is 0 Å². The van der Waals surface area contributed by atoms with Gasteiger partial charge in [0.25, 0.3) is 5.69 Å². The topological polar surface area (TPSA) is 118 Å². The van der Waals surface area contributed by atoms with Gasteiger partial charge in [0.1, 0.15) is 0 Å². The molecule has 1 heterocycles. The molecule has 0 aliphatic carbocycles. The first-order valence-electron chi connectivity index (χ1n) is 7.56. The van der Waals surface area contributed by atoms with Crippen LogP contribution in [0.3, 0.4) is 0 Å². The molecular formula is C15H20N2O6S. The van der Waals surface area contributed by atoms with E-state index < -0.39 is 26.8 Å². The number of sulfonamides is 1. The Morgan fingerprint density at radius 1 is 1.33 bits per heavy atom. The molecule has 2 rings (SSSR count). The minimum Gasteiger partial charge on any atom is -0.481 e. The number of non-ortho nitro benzene ring substituents is 1. The third kappa shape index (κ3) is 3.27. The Balaban J connectivity index is 2.53. The number of hydrogen-bond donors (Lipinski definition) is 1. The van der Waals surface area contributed by atoms with Crippen molar-refractivity contribution >= 4 is 21.7 Å². The molecule has 1 saturated heterocycles. The Morgan fingerprint density at radius 2 is 1.96 bits per heavy atom. The number of nitro groups is 1. The van der Waals surface area contributed by atoms with Crippen LogP contribution in [0.1, 0.15) is 30.9 Å². The van der Waals surface area contributed by atoms with Crippen LogP contribution in [0.5, 0.6) is 0 Å². The largest absolute Gasteiger partial charge is 0.481 e. The Kier molecular flexibility index (Phi) is 4.95. The maximum atomic E-state index is 13.0. The summed E-state index contributed by atoms with van der Waals surface area (Å²) in [7, 11) is -4.02. The maximum Gasteiger partial charge on any atom is 0.307 e. The molecule has 1 aromatic rings. The lowest BCUT2D eigenvalue weighted by atomic mass is 9.96. The smallest absolute Gasteiger partial charge is 0.307 e. The fourth-order valence-corrected chi connectivity index (χ4v) is 4.95. The minimum absolute atomic E-state index is 0.125. The zero-order chi connectivity index (χ0) is 18.2. The number of hydrogen-bond acceptors (Lipinski definition) is 5. The molecule has 24 heavy (non-hydrogen) atoms. The predicted molar refractivity (Wildman–Crippen MR) is 86.3 cm³/mol. The van der Waals surface area contributed by atoms with Crippen molar-refractivity contribution in [3.05, 3.63) is 33.4 Å². The lowest BCUT2D eigenvalue weighted by Crippen LogP contribution is -2.47. The number of carboxylic acid groups (broad SMARTS) is 1. The van der Waals surface area contributed by atoms with Gasteiger partial charge < -0.3 is 5.11 Å². The molecule has 2 atom stereocenters. The van der Waals surface area contributed by atoms with Crippen LogP contribution in [0.25, 0.3) is 0 Å². The van der Waals surface area contributed by atoms with E-state index in [-0.39, 0.29) is 23.2 Å². The van der Waals surface area contributed by atoms with Gasteiger partial charge in [-0.15, -0.1) is 0 Å². The molecule has 0 aromatic heterocycles. The second kappa shape index (κ2) is 6.48. The highest BCUT2D eigenvalue weighted by Gasteiger charge is 2.38. The van der Waals surface area contributed by atoms with Crippen LogP contribution in [0.4, 0.5) is 5.69 Å². The van der Waals surface area contributed by atoms with Gasteiger partial charge >= 0.3 is 5.97 Å². The molecule has 9 heteroatoms. The first-order valence-corrected chi connectivity index (χ1v) is 9.00. The van der Waals surface area contributed by atoms with E-state index in [0.717, 1.165) is 10.4 Å². The third-order valence-corrected chi connectivity index (χ3v) is 6.68. The molecule has 1 aliphatic rings. The van der Waals surface area contributed by atoms with E-state index in [1.807, 2.05) is 0 Å². The number of carboxylic acids is 1. The Bertz CT molecular complexity index is 789. The maximum absolute atomic E-state index is 13.0. The summed E-state index contributed by atoms with van der Waals surface area (Å²) < 4.78 is 27.2. The summed E-state index contributed by atoms with van der Waals surface area (Å²) in [6, 6.07) is 2.02. The van der Waals surface area contributed by atoms with Crippen molar-refractivity contribution < 1.29 is 23.2 Å². The minimum atomic E-state index is -4.02. The summed E-state index contributed by atoms with van der Waals surface area (Å²) >= 11 is 0. The van der Waals surface area contributed by atoms with Crippen molar-refractivity contribution in [1.82, 2.24) is 4.31 Å². The van der Waals surface area contributed by atoms with Gasteiger partial charge in [-0.1, -0.05) is 0 Å². The molecule has 0 spiro atoms. The van der Waals surface area contributed by atoms with Gasteiger partial charge in [-0.3, -0.25) is 14.9 Å². The van der Waals surface area contributed by atoms with E-state index in [9.17, 15) is 28.4 Å². The lowest BCUT2D eigenvalue weighted by Gasteiger charge is -2.35. The summed E-state index contributed by atoms with van der Waals surface area (Å²) in [6.45, 7) is 4.80. The number of rotatable bonds is 4. The summed E-state index contributed by atoms with van der Waals surface area (Å²) in [4.78, 5) is 21.5. The van der Waals surface area contributed by atoms with Gasteiger partial charge in [-0.2, -0.15) is 4.31 Å². The highest BCUT2D eigenvalue weighted by molar-refractivity contribution is 7.89. The monoisotopic (exact) mass is 356 g/mol. The molecule has 1 aliphatic heterocycles. The van der Waals surface area contributed by atoms with Crippen molar-refractivity contribution in [3.8, 4) is 0 Å². The normalized spacial score (nSPS) is 22.3. The Morgan fingerprint density at radius 3 is 2.50 bits per heavy atom. The first-order chi connectivity index (χ1) is 11.1. The van der Waals surface area contributed by atoms with Crippen LogP contribution in [0, 0.1) is 29.9 Å². The fraction of sp³-hybridized carbons (Fsp3) is 0.533. The number of aryl methyl sites for hydroxylation is 1. The number of nitro benzene ring substituents is 1. The second-order valence-corrected chi connectivity index (χ2v) is 8.04. The Labute approximate surface area is 140 Å². The van der Waals surface area contributed by atoms with E-state index in [4.69, 9.17) is 0 Å². The van der Waals surface area contributed by atoms with E-state index in [1.54, 1.807) is 20.8 Å². The third-order valence-electron chi connectivity index (χ3n) is 4.58. The van der Waals surface area contributed by atoms with E-state index >= 15 is 0 Å². The molecule has 0 radical (unpaired) electrons. The molecule has 132 valence electrons. The average molecular weight is 356 g/mol. The SMILES string of the molecule is Cc1cc([N+](=O)[O-])cc(S(=O)(=O)N2CC(C(=O)O)CCC2C)c1C. The number of nitrogens with zero attached hydrogens (tertiary/aromatic N) is 2. The molecule has 2 unspecified atom stereocenters. The van der Waals surface area contributed by atoms with Crippen molar-refractivity contribution in [2.75, 3.05) is 6.54 Å². The van der Waals surface area contributed by atoms with E-state index in [1.165, 1.54) is 6.07 Å². The van der Waals surface area contributed by atoms with Crippen LogP contribution in [-0.2, 0) is 14.8 Å². The van der Waals surface area contributed by atoms with Crippen LogP contribution in [0.2, 0.25) is 0 Å². The van der Waals surface area contributed by atoms with E-state index in [2.05, 4.69) is 0 Å². The summed E-state index contributed by atoms with van der Waals surface area (Å²) in [5, 5.41) is 20.2. The standard InChI is InChI=1S/C15H20N2O6S/c1-9-6-13(17(20)21)7-14(11(9)3)24(22,23)16-8-12(15(18)19)5-4-10(16)2/h6-7,10,12H,4-5,8H2,1-3H3,(H,18,19). The van der Waals surface area contributed by atoms with Gasteiger partial charge in [0.15, 0.2) is 0 Å². The van der Waals surface area contributed by atoms with Gasteiger partial charge in [-0.05, 0) is 44.7 Å². The zero-order valence-electron chi connectivity index (χ0n) is 13.7. The quantitative estimate of drug-likeness (QED) is 0.652. The predicted octanol–water partition coefficient (Wildman–Crippen LogP) is 2.09. The van der Waals surface area contributed by atoms with Crippen molar-refractivity contribution in [2.24, 2.45) is 5.92 Å². The van der Waals surface area contributed by atoms with Crippen LogP contribution in [-0.4, -0.2) is 41.3 Å². The average Bonchev–Trinajstić information content (AvgIpc) is 2.49. The second-order valence-electron chi connectivity index (χ2n) is 6.18. The molecule has 8 nitrogen and oxygen atoms in total. The molecule has 1 aromatic carbocycles. The Hall–Kier alpha value is -2.00. The number of benzene rings is 1. The van der Waals surface area contributed by atoms with Crippen molar-refractivity contribution in [2.45, 2.75) is 44.6 Å². The lowest BCUT2D eigenvalue weighted by molar-refractivity contribution is -0.385. The van der Waals surface area contributed by atoms with Crippen LogP contribution in [0.15, 0.2) is 17.0 Å². The molecule has 1 fully saturated rings. The number of aliphatic carboxylic acids is 1. The van der Waals surface area contributed by atoms with Crippen molar-refractivity contribution in [1.29, 1.82) is 0 Å². The van der Waals surface area contributed by atoms with Gasteiger partial charge in [-0.25, -0.2) is 8.42 Å². The zero-order valence-corrected chi connectivity index (χ0v) is 14.5. The van der Waals surface area contributed by atoms with Gasteiger partial charge in [0.05, 0.1) is 15.7 Å². The summed E-state index contributed by atoms with van der Waals surface area (Å²) in [5.74, 6) is -1.80. The number of carbonyl (C=O) groups is 1. The molecule has 0 amide bonds. The molecule has 0 saturated carbocycles. The van der Waals surface area contributed by atoms with Crippen LogP contribution >= 0.6 is 0 Å². The molecular weight excluding hydrogens is 336 g/mol. The van der Waals surface area contributed by atoms with E-state index in [0.29, 0.717) is 24.0 Å². The molecule has 1 N–H and O–H groups in total. The highest BCUT2D eigenvalue weighted by atomic mass is 32.2. The summed E-state index contributed by atoms with van der Waals surface area (Å²) in [5.41, 5.74) is 0.642. The first kappa shape index (κ1) is 18.3. The van der Waals surface area contributed by atoms with Gasteiger partial charge in [0, 0.05) is 24.7 Å². The number of piperidine rings is 1. The van der Waals surface area contributed by atoms with Gasteiger partial charge in [0.2, 0.25) is 10.0 Å². The summed E-state index contributed by atoms with van der Waals surface area (Å²) in [6.07, 6.45) is 0.846.